The molecule has 2 heterocycles. The van der Waals surface area contributed by atoms with Gasteiger partial charge in [-0.15, -0.1) is 0 Å². The van der Waals surface area contributed by atoms with Crippen molar-refractivity contribution in [2.75, 3.05) is 12.4 Å². The summed E-state index contributed by atoms with van der Waals surface area (Å²) in [5, 5.41) is 3.07. The zero-order valence-corrected chi connectivity index (χ0v) is 17.2. The third kappa shape index (κ3) is 3.55. The van der Waals surface area contributed by atoms with Gasteiger partial charge in [-0.05, 0) is 53.6 Å². The van der Waals surface area contributed by atoms with Gasteiger partial charge in [-0.2, -0.15) is 0 Å². The molecule has 0 bridgehead atoms. The lowest BCUT2D eigenvalue weighted by Crippen LogP contribution is -2.37. The van der Waals surface area contributed by atoms with E-state index in [4.69, 9.17) is 4.74 Å². The Morgan fingerprint density at radius 2 is 1.65 bits per heavy atom. The first-order valence-corrected chi connectivity index (χ1v) is 10.3. The van der Waals surface area contributed by atoms with Crippen LogP contribution in [0.5, 0.6) is 5.75 Å². The highest BCUT2D eigenvalue weighted by Crippen LogP contribution is 2.36. The smallest absolute Gasteiger partial charge is 0.322 e. The summed E-state index contributed by atoms with van der Waals surface area (Å²) >= 11 is 0. The largest absolute Gasteiger partial charge is 0.497 e. The lowest BCUT2D eigenvalue weighted by molar-refractivity contribution is 0.194. The van der Waals surface area contributed by atoms with E-state index in [9.17, 15) is 4.79 Å². The van der Waals surface area contributed by atoms with Crippen LogP contribution in [0.25, 0.3) is 5.69 Å². The standard InChI is InChI=1S/C26H23N3O2/c1-31-22-15-13-21(14-16-22)27-26(30)29-18-20-10-5-6-11-23(20)28-17-7-12-24(28)25(29)19-8-3-2-4-9-19/h2-17,25H,18H2,1H3,(H,27,30)/t25-/m1/s1. The Balaban J connectivity index is 1.58. The molecule has 0 radical (unpaired) electrons. The van der Waals surface area contributed by atoms with Gasteiger partial charge in [0.15, 0.2) is 0 Å². The molecule has 154 valence electrons. The van der Waals surface area contributed by atoms with Crippen molar-refractivity contribution in [2.45, 2.75) is 12.6 Å². The first-order valence-electron chi connectivity index (χ1n) is 10.3. The van der Waals surface area contributed by atoms with Crippen LogP contribution in [-0.4, -0.2) is 22.6 Å². The third-order valence-electron chi connectivity index (χ3n) is 5.68. The van der Waals surface area contributed by atoms with E-state index >= 15 is 0 Å². The predicted molar refractivity (Wildman–Crippen MR) is 122 cm³/mol. The van der Waals surface area contributed by atoms with Gasteiger partial charge in [0.05, 0.1) is 25.4 Å². The lowest BCUT2D eigenvalue weighted by Gasteiger charge is -2.31. The summed E-state index contributed by atoms with van der Waals surface area (Å²) in [7, 11) is 1.63. The maximum absolute atomic E-state index is 13.6. The van der Waals surface area contributed by atoms with Crippen LogP contribution in [0, 0.1) is 0 Å². The molecule has 5 heteroatoms. The van der Waals surface area contributed by atoms with Crippen LogP contribution < -0.4 is 10.1 Å². The quantitative estimate of drug-likeness (QED) is 0.477. The summed E-state index contributed by atoms with van der Waals surface area (Å²) in [4.78, 5) is 15.5. The van der Waals surface area contributed by atoms with Gasteiger partial charge in [0.1, 0.15) is 5.75 Å². The van der Waals surface area contributed by atoms with Gasteiger partial charge in [0, 0.05) is 17.6 Å². The van der Waals surface area contributed by atoms with Gasteiger partial charge in [0.2, 0.25) is 0 Å². The summed E-state index contributed by atoms with van der Waals surface area (Å²) in [6.45, 7) is 0.499. The highest BCUT2D eigenvalue weighted by molar-refractivity contribution is 5.90. The average Bonchev–Trinajstić information content (AvgIpc) is 3.24. The van der Waals surface area contributed by atoms with Crippen molar-refractivity contribution in [3.8, 4) is 11.4 Å². The number of carbonyl (C=O) groups is 1. The van der Waals surface area contributed by atoms with Crippen LogP contribution in [0.15, 0.2) is 97.2 Å². The molecule has 1 N–H and O–H groups in total. The molecule has 2 amide bonds. The normalized spacial score (nSPS) is 14.9. The van der Waals surface area contributed by atoms with Crippen LogP contribution in [0.2, 0.25) is 0 Å². The fraction of sp³-hybridized carbons (Fsp3) is 0.115. The SMILES string of the molecule is COc1ccc(NC(=O)N2Cc3ccccc3-n3cccc3[C@H]2c2ccccc2)cc1. The van der Waals surface area contributed by atoms with Gasteiger partial charge in [-0.25, -0.2) is 4.79 Å². The lowest BCUT2D eigenvalue weighted by atomic mass is 10.0. The molecule has 1 atom stereocenters. The zero-order chi connectivity index (χ0) is 21.2. The number of methoxy groups -OCH3 is 1. The van der Waals surface area contributed by atoms with E-state index in [1.165, 1.54) is 0 Å². The number of fused-ring (bicyclic) bond motifs is 3. The number of hydrogen-bond donors (Lipinski definition) is 1. The first-order chi connectivity index (χ1) is 15.2. The zero-order valence-electron chi connectivity index (χ0n) is 17.2. The van der Waals surface area contributed by atoms with Gasteiger partial charge < -0.3 is 19.5 Å². The van der Waals surface area contributed by atoms with E-state index in [0.29, 0.717) is 6.54 Å². The van der Waals surface area contributed by atoms with E-state index < -0.39 is 0 Å². The van der Waals surface area contributed by atoms with Gasteiger partial charge in [-0.3, -0.25) is 0 Å². The Kier molecular flexibility index (Phi) is 4.92. The number of anilines is 1. The number of ether oxygens (including phenoxy) is 1. The van der Waals surface area contributed by atoms with E-state index in [1.54, 1.807) is 7.11 Å². The predicted octanol–water partition coefficient (Wildman–Crippen LogP) is 5.62. The molecule has 0 fully saturated rings. The Labute approximate surface area is 181 Å². The molecule has 4 aromatic rings. The first kappa shape index (κ1) is 19.0. The van der Waals surface area contributed by atoms with E-state index in [1.807, 2.05) is 65.6 Å². The van der Waals surface area contributed by atoms with Crippen molar-refractivity contribution >= 4 is 11.7 Å². The Morgan fingerprint density at radius 3 is 2.42 bits per heavy atom. The summed E-state index contributed by atoms with van der Waals surface area (Å²) < 4.78 is 7.41. The number of carbonyl (C=O) groups excluding carboxylic acids is 1. The fourth-order valence-corrected chi connectivity index (χ4v) is 4.20. The van der Waals surface area contributed by atoms with Gasteiger partial charge >= 0.3 is 6.03 Å². The minimum Gasteiger partial charge on any atom is -0.497 e. The van der Waals surface area contributed by atoms with Crippen molar-refractivity contribution < 1.29 is 9.53 Å². The molecule has 0 aliphatic carbocycles. The number of nitrogens with zero attached hydrogens (tertiary/aromatic N) is 2. The number of aromatic nitrogens is 1. The van der Waals surface area contributed by atoms with Crippen molar-refractivity contribution in [3.05, 3.63) is 114 Å². The van der Waals surface area contributed by atoms with Crippen LogP contribution in [0.4, 0.5) is 10.5 Å². The molecule has 0 unspecified atom stereocenters. The summed E-state index contributed by atoms with van der Waals surface area (Å²) in [6, 6.07) is 29.5. The Morgan fingerprint density at radius 1 is 0.903 bits per heavy atom. The highest BCUT2D eigenvalue weighted by atomic mass is 16.5. The monoisotopic (exact) mass is 409 g/mol. The number of hydrogen-bond acceptors (Lipinski definition) is 2. The third-order valence-corrected chi connectivity index (χ3v) is 5.68. The summed E-state index contributed by atoms with van der Waals surface area (Å²) in [5.74, 6) is 0.752. The van der Waals surface area contributed by atoms with Crippen LogP contribution in [-0.2, 0) is 6.54 Å². The highest BCUT2D eigenvalue weighted by Gasteiger charge is 2.32. The van der Waals surface area contributed by atoms with Crippen molar-refractivity contribution in [3.63, 3.8) is 0 Å². The van der Waals surface area contributed by atoms with E-state index in [2.05, 4.69) is 46.4 Å². The van der Waals surface area contributed by atoms with Gasteiger partial charge in [-0.1, -0.05) is 48.5 Å². The number of amides is 2. The van der Waals surface area contributed by atoms with Crippen LogP contribution in [0.3, 0.4) is 0 Å². The molecule has 0 saturated carbocycles. The van der Waals surface area contributed by atoms with Crippen LogP contribution >= 0.6 is 0 Å². The Bertz CT molecular complexity index is 1200. The molecule has 1 aliphatic heterocycles. The molecule has 0 saturated heterocycles. The second-order valence-electron chi connectivity index (χ2n) is 7.53. The molecule has 5 rings (SSSR count). The minimum absolute atomic E-state index is 0.150. The topological polar surface area (TPSA) is 46.5 Å². The molecular formula is C26H23N3O2. The maximum atomic E-state index is 13.6. The molecule has 3 aromatic carbocycles. The second-order valence-corrected chi connectivity index (χ2v) is 7.53. The maximum Gasteiger partial charge on any atom is 0.322 e. The molecule has 1 aliphatic rings. The minimum atomic E-state index is -0.221. The van der Waals surface area contributed by atoms with E-state index in [-0.39, 0.29) is 12.1 Å². The van der Waals surface area contributed by atoms with Crippen molar-refractivity contribution in [1.29, 1.82) is 0 Å². The van der Waals surface area contributed by atoms with Gasteiger partial charge in [0.25, 0.3) is 0 Å². The average molecular weight is 409 g/mol. The number of urea groups is 1. The summed E-state index contributed by atoms with van der Waals surface area (Å²) in [5.41, 5.74) is 5.05. The van der Waals surface area contributed by atoms with Crippen molar-refractivity contribution in [2.24, 2.45) is 0 Å². The molecule has 1 aromatic heterocycles. The number of nitrogens with one attached hydrogen (secondary N) is 1. The van der Waals surface area contributed by atoms with Crippen LogP contribution in [0.1, 0.15) is 22.9 Å². The molecule has 5 nitrogen and oxygen atoms in total. The Hall–Kier alpha value is -3.99. The molecule has 31 heavy (non-hydrogen) atoms. The van der Waals surface area contributed by atoms with Crippen molar-refractivity contribution in [1.82, 2.24) is 9.47 Å². The summed E-state index contributed by atoms with van der Waals surface area (Å²) in [6.07, 6.45) is 2.06. The number of para-hydroxylation sites is 1. The molecular weight excluding hydrogens is 386 g/mol. The number of benzene rings is 3. The number of rotatable bonds is 3. The fourth-order valence-electron chi connectivity index (χ4n) is 4.20. The molecule has 0 spiro atoms. The second kappa shape index (κ2) is 8.03. The van der Waals surface area contributed by atoms with E-state index in [0.717, 1.165) is 33.9 Å².